The first kappa shape index (κ1) is 41.6. The van der Waals surface area contributed by atoms with Gasteiger partial charge in [0.2, 0.25) is 0 Å². The molecule has 0 fully saturated rings. The molecule has 3 heteroatoms. The molecule has 236 valence electrons. The van der Waals surface area contributed by atoms with Crippen LogP contribution in [0.15, 0.2) is 79.4 Å². The fourth-order valence-corrected chi connectivity index (χ4v) is 3.70. The lowest BCUT2D eigenvalue weighted by Gasteiger charge is -2.08. The summed E-state index contributed by atoms with van der Waals surface area (Å²) in [6, 6.07) is 20.4. The summed E-state index contributed by atoms with van der Waals surface area (Å²) >= 11 is 0. The average Bonchev–Trinajstić information content (AvgIpc) is 3.01. The number of hydrogen-bond acceptors (Lipinski definition) is 2. The second-order valence-corrected chi connectivity index (χ2v) is 10.6. The highest BCUT2D eigenvalue weighted by atomic mass is 19.1. The van der Waals surface area contributed by atoms with E-state index in [1.54, 1.807) is 18.2 Å². The van der Waals surface area contributed by atoms with Crippen LogP contribution >= 0.6 is 0 Å². The Balaban J connectivity index is 0. The quantitative estimate of drug-likeness (QED) is 0.234. The molecule has 1 atom stereocenters. The number of unbranched alkanes of at least 4 members (excludes halogenated alkanes) is 1. The molecule has 0 saturated heterocycles. The third-order valence-corrected chi connectivity index (χ3v) is 6.65. The van der Waals surface area contributed by atoms with Crippen molar-refractivity contribution in [2.24, 2.45) is 5.92 Å². The van der Waals surface area contributed by atoms with E-state index in [1.807, 2.05) is 71.0 Å². The number of aryl methyl sites for hydroxylation is 2. The Hall–Kier alpha value is -3.51. The standard InChI is InChI=1S/C16H14N2.C9H11F.C8H18.C5H10.C2H6/c1-11(2)14-8-9-16(18-12(14)3)15-7-5-4-6-13(15)10-17;1-2-4-8-5-3-6-9(10)7-8;1-4-6-7-8(3)5-2;1-4-5(2)3;1-2/h4-9H,1H2,2-3H3;3,5-7H,2,4H2,1H3;8H,4-7H2,1-3H3;2,4H2,1,3H3;1-2H3. The molecule has 0 N–H and O–H groups in total. The Labute approximate surface area is 264 Å². The molecule has 0 aliphatic heterocycles. The van der Waals surface area contributed by atoms with Crippen LogP contribution in [0.1, 0.15) is 123 Å². The second kappa shape index (κ2) is 26.1. The van der Waals surface area contributed by atoms with E-state index < -0.39 is 0 Å². The fraction of sp³-hybridized carbons (Fsp3) is 0.450. The predicted molar refractivity (Wildman–Crippen MR) is 190 cm³/mol. The Kier molecular flexibility index (Phi) is 25.3. The van der Waals surface area contributed by atoms with Crippen molar-refractivity contribution in [2.45, 2.75) is 114 Å². The molecule has 2 aromatic carbocycles. The number of benzene rings is 2. The molecule has 1 aromatic heterocycles. The Morgan fingerprint density at radius 3 is 2.02 bits per heavy atom. The number of nitriles is 1. The first-order chi connectivity index (χ1) is 20.5. The van der Waals surface area contributed by atoms with Gasteiger partial charge in [-0.3, -0.25) is 4.98 Å². The van der Waals surface area contributed by atoms with Gasteiger partial charge in [-0.1, -0.05) is 129 Å². The molecule has 0 saturated carbocycles. The summed E-state index contributed by atoms with van der Waals surface area (Å²) in [7, 11) is 0. The molecule has 0 spiro atoms. The Morgan fingerprint density at radius 2 is 1.56 bits per heavy atom. The molecule has 2 nitrogen and oxygen atoms in total. The summed E-state index contributed by atoms with van der Waals surface area (Å²) in [5.41, 5.74) is 7.69. The van der Waals surface area contributed by atoms with Gasteiger partial charge in [-0.25, -0.2) is 4.39 Å². The number of pyridine rings is 1. The van der Waals surface area contributed by atoms with E-state index in [2.05, 4.69) is 58.8 Å². The minimum absolute atomic E-state index is 0.133. The van der Waals surface area contributed by atoms with Crippen molar-refractivity contribution in [1.82, 2.24) is 4.98 Å². The Bertz CT molecular complexity index is 1220. The zero-order chi connectivity index (χ0) is 33.2. The average molecular weight is 587 g/mol. The summed E-state index contributed by atoms with van der Waals surface area (Å²) in [6.45, 7) is 28.6. The highest BCUT2D eigenvalue weighted by Crippen LogP contribution is 2.24. The molecule has 1 unspecified atom stereocenters. The van der Waals surface area contributed by atoms with Crippen molar-refractivity contribution in [3.05, 3.63) is 108 Å². The van der Waals surface area contributed by atoms with E-state index in [-0.39, 0.29) is 5.82 Å². The van der Waals surface area contributed by atoms with Gasteiger partial charge >= 0.3 is 0 Å². The van der Waals surface area contributed by atoms with E-state index in [1.165, 1.54) is 37.3 Å². The van der Waals surface area contributed by atoms with Crippen LogP contribution in [0, 0.1) is 30.0 Å². The van der Waals surface area contributed by atoms with Gasteiger partial charge in [0, 0.05) is 11.3 Å². The number of nitrogens with zero attached hydrogens (tertiary/aromatic N) is 2. The molecule has 43 heavy (non-hydrogen) atoms. The fourth-order valence-electron chi connectivity index (χ4n) is 3.70. The summed E-state index contributed by atoms with van der Waals surface area (Å²) in [4.78, 5) is 4.56. The van der Waals surface area contributed by atoms with E-state index >= 15 is 0 Å². The van der Waals surface area contributed by atoms with Gasteiger partial charge in [0.1, 0.15) is 5.82 Å². The number of halogens is 1. The second-order valence-electron chi connectivity index (χ2n) is 10.6. The largest absolute Gasteiger partial charge is 0.252 e. The zero-order valence-corrected chi connectivity index (χ0v) is 29.0. The van der Waals surface area contributed by atoms with Gasteiger partial charge in [-0.15, -0.1) is 6.58 Å². The smallest absolute Gasteiger partial charge is 0.123 e. The van der Waals surface area contributed by atoms with E-state index in [0.717, 1.165) is 58.8 Å². The molecule has 3 rings (SSSR count). The maximum absolute atomic E-state index is 12.5. The van der Waals surface area contributed by atoms with Crippen molar-refractivity contribution in [1.29, 1.82) is 5.26 Å². The van der Waals surface area contributed by atoms with Crippen molar-refractivity contribution in [2.75, 3.05) is 0 Å². The van der Waals surface area contributed by atoms with Crippen molar-refractivity contribution in [3.8, 4) is 17.3 Å². The van der Waals surface area contributed by atoms with Crippen LogP contribution in [0.2, 0.25) is 0 Å². The van der Waals surface area contributed by atoms with Crippen LogP contribution in [0.4, 0.5) is 4.39 Å². The molecule has 0 aliphatic rings. The van der Waals surface area contributed by atoms with Gasteiger partial charge in [0.25, 0.3) is 0 Å². The molecule has 1 heterocycles. The number of hydrogen-bond donors (Lipinski definition) is 0. The third kappa shape index (κ3) is 19.3. The van der Waals surface area contributed by atoms with Crippen molar-refractivity contribution >= 4 is 5.57 Å². The molecular formula is C40H59FN2. The molecular weight excluding hydrogens is 527 g/mol. The summed E-state index contributed by atoms with van der Waals surface area (Å²) in [5, 5.41) is 9.10. The highest BCUT2D eigenvalue weighted by molar-refractivity contribution is 5.70. The van der Waals surface area contributed by atoms with Gasteiger partial charge < -0.3 is 0 Å². The maximum Gasteiger partial charge on any atom is 0.123 e. The lowest BCUT2D eigenvalue weighted by molar-refractivity contribution is 0.492. The molecule has 0 radical (unpaired) electrons. The van der Waals surface area contributed by atoms with Crippen LogP contribution < -0.4 is 0 Å². The van der Waals surface area contributed by atoms with Crippen LogP contribution in [-0.2, 0) is 6.42 Å². The van der Waals surface area contributed by atoms with Crippen LogP contribution in [-0.4, -0.2) is 4.98 Å². The van der Waals surface area contributed by atoms with Crippen molar-refractivity contribution in [3.63, 3.8) is 0 Å². The third-order valence-electron chi connectivity index (χ3n) is 6.65. The lowest BCUT2D eigenvalue weighted by atomic mass is 10.0. The van der Waals surface area contributed by atoms with E-state index in [4.69, 9.17) is 5.26 Å². The van der Waals surface area contributed by atoms with Gasteiger partial charge in [0.15, 0.2) is 0 Å². The maximum atomic E-state index is 12.5. The normalized spacial score (nSPS) is 10.0. The van der Waals surface area contributed by atoms with E-state index in [0.29, 0.717) is 5.56 Å². The first-order valence-corrected chi connectivity index (χ1v) is 16.1. The molecule has 0 aliphatic carbocycles. The SMILES string of the molecule is C=C(C)CC.C=C(C)c1ccc(-c2ccccc2C#N)nc1C.CC.CCCCC(C)CC.CCCc1cccc(F)c1. The minimum Gasteiger partial charge on any atom is -0.252 e. The minimum atomic E-state index is -0.133. The zero-order valence-electron chi connectivity index (χ0n) is 29.0. The molecule has 0 bridgehead atoms. The summed E-state index contributed by atoms with van der Waals surface area (Å²) in [6.07, 6.45) is 8.69. The monoisotopic (exact) mass is 586 g/mol. The number of allylic oxidation sites excluding steroid dienone is 2. The number of rotatable bonds is 9. The van der Waals surface area contributed by atoms with Gasteiger partial charge in [-0.05, 0) is 80.5 Å². The van der Waals surface area contributed by atoms with Crippen LogP contribution in [0.25, 0.3) is 16.8 Å². The number of aromatic nitrogens is 1. The predicted octanol–water partition coefficient (Wildman–Crippen LogP) is 13.0. The molecule has 0 amide bonds. The summed E-state index contributed by atoms with van der Waals surface area (Å²) < 4.78 is 12.5. The highest BCUT2D eigenvalue weighted by Gasteiger charge is 2.08. The topological polar surface area (TPSA) is 36.7 Å². The Morgan fingerprint density at radius 1 is 0.930 bits per heavy atom. The van der Waals surface area contributed by atoms with Gasteiger partial charge in [0.05, 0.1) is 17.3 Å². The summed E-state index contributed by atoms with van der Waals surface area (Å²) in [5.74, 6) is 0.820. The van der Waals surface area contributed by atoms with Crippen LogP contribution in [0.3, 0.4) is 0 Å². The lowest BCUT2D eigenvalue weighted by Crippen LogP contribution is -1.94. The first-order valence-electron chi connectivity index (χ1n) is 16.1. The molecule has 3 aromatic rings. The van der Waals surface area contributed by atoms with E-state index in [9.17, 15) is 4.39 Å². The van der Waals surface area contributed by atoms with Gasteiger partial charge in [-0.2, -0.15) is 5.26 Å². The van der Waals surface area contributed by atoms with Crippen LogP contribution in [0.5, 0.6) is 0 Å². The van der Waals surface area contributed by atoms with Crippen molar-refractivity contribution < 1.29 is 4.39 Å².